The fourth-order valence-corrected chi connectivity index (χ4v) is 9.62. The van der Waals surface area contributed by atoms with Crippen LogP contribution in [0.4, 0.5) is 0 Å². The monoisotopic (exact) mass is 616 g/mol. The molecule has 2 spiro atoms. The minimum absolute atomic E-state index is 0.136. The van der Waals surface area contributed by atoms with Crippen LogP contribution < -0.4 is 5.56 Å². The molecule has 0 radical (unpaired) electrons. The van der Waals surface area contributed by atoms with E-state index in [9.17, 15) is 14.7 Å². The summed E-state index contributed by atoms with van der Waals surface area (Å²) in [5, 5.41) is 10.0. The third-order valence-corrected chi connectivity index (χ3v) is 12.2. The SMILES string of the molecule is O=C(O)C1CCC2(CC1)CC2N1CCC(c2ccc3c(n2)-n2c(nc(=O)c4c(Br)cccc42)C32CCCCC2)CC1. The van der Waals surface area contributed by atoms with Gasteiger partial charge in [-0.15, -0.1) is 0 Å². The van der Waals surface area contributed by atoms with Gasteiger partial charge in [0, 0.05) is 27.7 Å². The Morgan fingerprint density at radius 2 is 1.71 bits per heavy atom. The lowest BCUT2D eigenvalue weighted by atomic mass is 9.70. The van der Waals surface area contributed by atoms with E-state index in [4.69, 9.17) is 9.97 Å². The number of aromatic nitrogens is 3. The second kappa shape index (κ2) is 9.46. The second-order valence-electron chi connectivity index (χ2n) is 13.5. The molecule has 4 fully saturated rings. The summed E-state index contributed by atoms with van der Waals surface area (Å²) in [4.78, 5) is 37.6. The van der Waals surface area contributed by atoms with Crippen molar-refractivity contribution < 1.29 is 9.90 Å². The van der Waals surface area contributed by atoms with E-state index in [-0.39, 0.29) is 16.9 Å². The number of carboxylic acids is 1. The smallest absolute Gasteiger partial charge is 0.306 e. The quantitative estimate of drug-likeness (QED) is 0.370. The molecular weight excluding hydrogens is 580 g/mol. The predicted molar refractivity (Wildman–Crippen MR) is 161 cm³/mol. The minimum atomic E-state index is -0.611. The van der Waals surface area contributed by atoms with E-state index < -0.39 is 5.97 Å². The van der Waals surface area contributed by atoms with Gasteiger partial charge in [-0.1, -0.05) is 31.4 Å². The van der Waals surface area contributed by atoms with E-state index >= 15 is 0 Å². The molecule has 41 heavy (non-hydrogen) atoms. The normalized spacial score (nSPS) is 29.1. The number of likely N-dealkylation sites (tertiary alicyclic amines) is 1. The lowest BCUT2D eigenvalue weighted by Gasteiger charge is -2.36. The third kappa shape index (κ3) is 3.92. The van der Waals surface area contributed by atoms with Crippen molar-refractivity contribution in [3.8, 4) is 5.82 Å². The molecule has 3 saturated carbocycles. The lowest BCUT2D eigenvalue weighted by molar-refractivity contribution is -0.143. The Bertz CT molecular complexity index is 1610. The Morgan fingerprint density at radius 3 is 2.44 bits per heavy atom. The number of fused-ring (bicyclic) bond motifs is 7. The van der Waals surface area contributed by atoms with Gasteiger partial charge in [-0.2, -0.15) is 4.98 Å². The third-order valence-electron chi connectivity index (χ3n) is 11.5. The molecule has 1 N–H and O–H groups in total. The summed E-state index contributed by atoms with van der Waals surface area (Å²) in [5.74, 6) is 1.54. The lowest BCUT2D eigenvalue weighted by Crippen LogP contribution is -2.38. The molecule has 8 heteroatoms. The molecule has 3 aliphatic carbocycles. The summed E-state index contributed by atoms with van der Waals surface area (Å²) >= 11 is 3.61. The zero-order chi connectivity index (χ0) is 27.9. The Balaban J connectivity index is 1.08. The maximum atomic E-state index is 13.3. The summed E-state index contributed by atoms with van der Waals surface area (Å²) in [6.45, 7) is 2.17. The van der Waals surface area contributed by atoms with Crippen molar-refractivity contribution in [3.05, 3.63) is 62.2 Å². The van der Waals surface area contributed by atoms with Crippen LogP contribution in [0.15, 0.2) is 39.6 Å². The van der Waals surface area contributed by atoms with Crippen LogP contribution in [0.25, 0.3) is 16.7 Å². The molecule has 4 heterocycles. The summed E-state index contributed by atoms with van der Waals surface area (Å²) in [5.41, 5.74) is 3.30. The number of piperidine rings is 1. The predicted octanol–water partition coefficient (Wildman–Crippen LogP) is 6.32. The van der Waals surface area contributed by atoms with Crippen LogP contribution in [0, 0.1) is 11.3 Å². The average molecular weight is 618 g/mol. The van der Waals surface area contributed by atoms with Crippen molar-refractivity contribution >= 4 is 32.8 Å². The van der Waals surface area contributed by atoms with Gasteiger partial charge in [0.25, 0.3) is 5.56 Å². The molecule has 214 valence electrons. The number of halogens is 1. The molecule has 1 saturated heterocycles. The fourth-order valence-electron chi connectivity index (χ4n) is 9.09. The highest BCUT2D eigenvalue weighted by Gasteiger charge is 2.58. The van der Waals surface area contributed by atoms with Crippen molar-refractivity contribution in [1.82, 2.24) is 19.4 Å². The van der Waals surface area contributed by atoms with E-state index in [0.717, 1.165) is 105 Å². The molecule has 1 atom stereocenters. The first-order chi connectivity index (χ1) is 19.9. The highest BCUT2D eigenvalue weighted by molar-refractivity contribution is 9.10. The van der Waals surface area contributed by atoms with Gasteiger partial charge in [-0.05, 0) is 110 Å². The number of carboxylic acid groups (broad SMARTS) is 1. The van der Waals surface area contributed by atoms with E-state index in [0.29, 0.717) is 22.8 Å². The van der Waals surface area contributed by atoms with Gasteiger partial charge in [0.05, 0.1) is 22.2 Å². The first kappa shape index (κ1) is 26.1. The van der Waals surface area contributed by atoms with Gasteiger partial charge < -0.3 is 5.11 Å². The van der Waals surface area contributed by atoms with Crippen molar-refractivity contribution in [2.45, 2.75) is 94.4 Å². The summed E-state index contributed by atoms with van der Waals surface area (Å²) in [7, 11) is 0. The zero-order valence-corrected chi connectivity index (χ0v) is 25.0. The summed E-state index contributed by atoms with van der Waals surface area (Å²) in [6.07, 6.45) is 12.8. The van der Waals surface area contributed by atoms with Crippen molar-refractivity contribution in [2.24, 2.45) is 11.3 Å². The van der Waals surface area contributed by atoms with Crippen LogP contribution in [0.3, 0.4) is 0 Å². The van der Waals surface area contributed by atoms with Crippen LogP contribution in [0.1, 0.15) is 100 Å². The Kier molecular flexibility index (Phi) is 6.02. The van der Waals surface area contributed by atoms with Gasteiger partial charge in [0.1, 0.15) is 11.6 Å². The van der Waals surface area contributed by atoms with Gasteiger partial charge in [-0.3, -0.25) is 19.1 Å². The first-order valence-electron chi connectivity index (χ1n) is 15.6. The fraction of sp³-hybridized carbons (Fsp3) is 0.576. The van der Waals surface area contributed by atoms with Gasteiger partial charge in [0.15, 0.2) is 0 Å². The number of nitrogens with zero attached hydrogens (tertiary/aromatic N) is 4. The van der Waals surface area contributed by atoms with E-state index in [2.05, 4.69) is 37.5 Å². The largest absolute Gasteiger partial charge is 0.481 e. The van der Waals surface area contributed by atoms with Gasteiger partial charge >= 0.3 is 5.97 Å². The highest BCUT2D eigenvalue weighted by atomic mass is 79.9. The molecule has 1 aromatic carbocycles. The molecule has 7 nitrogen and oxygen atoms in total. The van der Waals surface area contributed by atoms with Gasteiger partial charge in [-0.25, -0.2) is 4.98 Å². The number of rotatable bonds is 3. The summed E-state index contributed by atoms with van der Waals surface area (Å²) < 4.78 is 2.99. The number of hydrogen-bond donors (Lipinski definition) is 1. The number of pyridine rings is 1. The van der Waals surface area contributed by atoms with E-state index in [1.54, 1.807) is 0 Å². The van der Waals surface area contributed by atoms with E-state index in [1.165, 1.54) is 18.4 Å². The van der Waals surface area contributed by atoms with Crippen LogP contribution in [0.5, 0.6) is 0 Å². The molecule has 0 amide bonds. The topological polar surface area (TPSA) is 88.3 Å². The molecule has 2 aromatic heterocycles. The highest BCUT2D eigenvalue weighted by Crippen LogP contribution is 2.60. The van der Waals surface area contributed by atoms with Gasteiger partial charge in [0.2, 0.25) is 0 Å². The van der Waals surface area contributed by atoms with E-state index in [1.807, 2.05) is 18.2 Å². The first-order valence-corrected chi connectivity index (χ1v) is 16.4. The van der Waals surface area contributed by atoms with Crippen molar-refractivity contribution in [2.75, 3.05) is 13.1 Å². The maximum Gasteiger partial charge on any atom is 0.306 e. The Hall–Kier alpha value is -2.58. The number of aliphatic carboxylic acids is 1. The summed E-state index contributed by atoms with van der Waals surface area (Å²) in [6, 6.07) is 11.2. The number of hydrogen-bond acceptors (Lipinski definition) is 5. The Morgan fingerprint density at radius 1 is 0.951 bits per heavy atom. The zero-order valence-electron chi connectivity index (χ0n) is 23.4. The molecule has 0 bridgehead atoms. The molecule has 8 rings (SSSR count). The van der Waals surface area contributed by atoms with Crippen LogP contribution in [0.2, 0.25) is 0 Å². The second-order valence-corrected chi connectivity index (χ2v) is 14.3. The standard InChI is InChI=1S/C33H37BrN4O3/c34-23-5-4-6-25-27(23)29(39)36-31-33(13-2-1-3-14-33)22-7-8-24(35-28(22)38(25)31)20-11-17-37(18-12-20)26-19-32(26)15-9-21(10-16-32)30(40)41/h4-8,20-21,26H,1-3,9-19H2,(H,40,41). The Labute approximate surface area is 248 Å². The van der Waals surface area contributed by atoms with Crippen molar-refractivity contribution in [1.29, 1.82) is 0 Å². The van der Waals surface area contributed by atoms with Crippen molar-refractivity contribution in [3.63, 3.8) is 0 Å². The molecule has 3 aromatic rings. The average Bonchev–Trinajstić information content (AvgIpc) is 3.63. The molecule has 2 aliphatic heterocycles. The van der Waals surface area contributed by atoms with Crippen LogP contribution >= 0.6 is 15.9 Å². The molecular formula is C33H37BrN4O3. The molecule has 1 unspecified atom stereocenters. The van der Waals surface area contributed by atoms with Crippen LogP contribution in [-0.4, -0.2) is 49.6 Å². The van der Waals surface area contributed by atoms with Crippen LogP contribution in [-0.2, 0) is 10.2 Å². The number of benzene rings is 1. The molecule has 5 aliphatic rings. The minimum Gasteiger partial charge on any atom is -0.481 e. The maximum absolute atomic E-state index is 13.3. The number of carbonyl (C=O) groups is 1.